The molecule has 0 amide bonds. The Balaban J connectivity index is 1.89. The molecular weight excluding hydrogens is 430 g/mol. The molecule has 3 rings (SSSR count). The van der Waals surface area contributed by atoms with Crippen molar-refractivity contribution in [2.45, 2.75) is 6.92 Å². The Bertz CT molecular complexity index is 1070. The van der Waals surface area contributed by atoms with E-state index in [0.717, 1.165) is 17.5 Å². The monoisotopic (exact) mass is 447 g/mol. The standard InChI is InChI=1S/C18H18BrN5O2S/c1-12-7-3-4-8-14(12)22-18-20-11-13(19)17(23-18)21-15-9-5-6-10-16(15)24-27(2,25)26/h3-11,24H,1-2H3,(H2,20,21,22,23). The van der Waals surface area contributed by atoms with Crippen LogP contribution in [-0.4, -0.2) is 24.6 Å². The SMILES string of the molecule is Cc1ccccc1Nc1ncc(Br)c(Nc2ccccc2NS(C)(=O)=O)n1. The largest absolute Gasteiger partial charge is 0.337 e. The number of benzene rings is 2. The fourth-order valence-corrected chi connectivity index (χ4v) is 3.22. The van der Waals surface area contributed by atoms with Gasteiger partial charge in [0.15, 0.2) is 0 Å². The third-order valence-corrected chi connectivity index (χ3v) is 4.78. The van der Waals surface area contributed by atoms with Crippen LogP contribution in [-0.2, 0) is 10.0 Å². The Hall–Kier alpha value is -2.65. The summed E-state index contributed by atoms with van der Waals surface area (Å²) in [5.74, 6) is 0.924. The molecule has 9 heteroatoms. The molecule has 0 atom stereocenters. The van der Waals surface area contributed by atoms with E-state index >= 15 is 0 Å². The normalized spacial score (nSPS) is 11.1. The lowest BCUT2D eigenvalue weighted by molar-refractivity contribution is 0.607. The molecule has 3 N–H and O–H groups in total. The Morgan fingerprint density at radius 2 is 1.56 bits per heavy atom. The molecular formula is C18H18BrN5O2S. The molecule has 1 heterocycles. The van der Waals surface area contributed by atoms with Crippen LogP contribution >= 0.6 is 15.9 Å². The van der Waals surface area contributed by atoms with E-state index in [0.29, 0.717) is 27.6 Å². The van der Waals surface area contributed by atoms with Gasteiger partial charge in [0.2, 0.25) is 16.0 Å². The first-order chi connectivity index (χ1) is 12.8. The van der Waals surface area contributed by atoms with Gasteiger partial charge in [-0.2, -0.15) is 4.98 Å². The topological polar surface area (TPSA) is 96.0 Å². The van der Waals surface area contributed by atoms with Crippen molar-refractivity contribution in [2.75, 3.05) is 21.6 Å². The zero-order valence-electron chi connectivity index (χ0n) is 14.7. The highest BCUT2D eigenvalue weighted by molar-refractivity contribution is 9.10. The summed E-state index contributed by atoms with van der Waals surface area (Å²) in [5, 5.41) is 6.32. The Morgan fingerprint density at radius 1 is 0.926 bits per heavy atom. The maximum Gasteiger partial charge on any atom is 0.229 e. The number of aromatic nitrogens is 2. The quantitative estimate of drug-likeness (QED) is 0.517. The molecule has 0 aliphatic carbocycles. The summed E-state index contributed by atoms with van der Waals surface area (Å²) in [5.41, 5.74) is 2.98. The van der Waals surface area contributed by atoms with Crippen LogP contribution in [0.3, 0.4) is 0 Å². The van der Waals surface area contributed by atoms with Gasteiger partial charge in [-0.3, -0.25) is 4.72 Å². The number of anilines is 5. The van der Waals surface area contributed by atoms with Crippen LogP contribution in [0.5, 0.6) is 0 Å². The summed E-state index contributed by atoms with van der Waals surface area (Å²) < 4.78 is 26.3. The Kier molecular flexibility index (Phi) is 5.62. The molecule has 2 aromatic carbocycles. The van der Waals surface area contributed by atoms with E-state index in [4.69, 9.17) is 0 Å². The van der Waals surface area contributed by atoms with E-state index in [1.165, 1.54) is 0 Å². The van der Waals surface area contributed by atoms with E-state index in [1.54, 1.807) is 30.5 Å². The summed E-state index contributed by atoms with van der Waals surface area (Å²) in [4.78, 5) is 8.76. The molecule has 0 saturated heterocycles. The molecule has 27 heavy (non-hydrogen) atoms. The first-order valence-electron chi connectivity index (χ1n) is 8.01. The van der Waals surface area contributed by atoms with Crippen molar-refractivity contribution >= 4 is 54.8 Å². The number of nitrogens with zero attached hydrogens (tertiary/aromatic N) is 2. The summed E-state index contributed by atoms with van der Waals surface area (Å²) in [6.45, 7) is 1.99. The first-order valence-corrected chi connectivity index (χ1v) is 10.7. The van der Waals surface area contributed by atoms with Crippen LogP contribution in [0.15, 0.2) is 59.2 Å². The highest BCUT2D eigenvalue weighted by atomic mass is 79.9. The number of aryl methyl sites for hydroxylation is 1. The predicted molar refractivity (Wildman–Crippen MR) is 112 cm³/mol. The lowest BCUT2D eigenvalue weighted by Gasteiger charge is -2.14. The molecule has 0 spiro atoms. The molecule has 0 radical (unpaired) electrons. The lowest BCUT2D eigenvalue weighted by atomic mass is 10.2. The average molecular weight is 448 g/mol. The molecule has 0 aliphatic rings. The smallest absolute Gasteiger partial charge is 0.229 e. The van der Waals surface area contributed by atoms with Crippen molar-refractivity contribution in [3.63, 3.8) is 0 Å². The van der Waals surface area contributed by atoms with Crippen molar-refractivity contribution in [2.24, 2.45) is 0 Å². The van der Waals surface area contributed by atoms with Gasteiger partial charge in [0, 0.05) is 11.9 Å². The number of rotatable bonds is 6. The van der Waals surface area contributed by atoms with E-state index < -0.39 is 10.0 Å². The zero-order valence-corrected chi connectivity index (χ0v) is 17.1. The molecule has 140 valence electrons. The third-order valence-electron chi connectivity index (χ3n) is 3.61. The van der Waals surface area contributed by atoms with Gasteiger partial charge >= 0.3 is 0 Å². The van der Waals surface area contributed by atoms with Gasteiger partial charge in [-0.1, -0.05) is 30.3 Å². The van der Waals surface area contributed by atoms with Gasteiger partial charge in [-0.15, -0.1) is 0 Å². The molecule has 0 unspecified atom stereocenters. The Morgan fingerprint density at radius 3 is 2.22 bits per heavy atom. The van der Waals surface area contributed by atoms with Crippen LogP contribution in [0, 0.1) is 6.92 Å². The maximum atomic E-state index is 11.6. The van der Waals surface area contributed by atoms with Gasteiger partial charge in [0.1, 0.15) is 5.82 Å². The number of nitrogens with one attached hydrogen (secondary N) is 3. The fraction of sp³-hybridized carbons (Fsp3) is 0.111. The second-order valence-electron chi connectivity index (χ2n) is 5.87. The second kappa shape index (κ2) is 7.93. The van der Waals surface area contributed by atoms with E-state index in [1.807, 2.05) is 31.2 Å². The van der Waals surface area contributed by atoms with E-state index in [-0.39, 0.29) is 0 Å². The molecule has 1 aromatic heterocycles. The van der Waals surface area contributed by atoms with Crippen molar-refractivity contribution in [1.29, 1.82) is 0 Å². The van der Waals surface area contributed by atoms with Crippen molar-refractivity contribution in [1.82, 2.24) is 9.97 Å². The number of para-hydroxylation sites is 3. The van der Waals surface area contributed by atoms with Gasteiger partial charge in [0.25, 0.3) is 0 Å². The van der Waals surface area contributed by atoms with Crippen LogP contribution in [0.4, 0.5) is 28.8 Å². The maximum absolute atomic E-state index is 11.6. The number of hydrogen-bond donors (Lipinski definition) is 3. The number of hydrogen-bond acceptors (Lipinski definition) is 6. The third kappa shape index (κ3) is 5.18. The van der Waals surface area contributed by atoms with Crippen LogP contribution < -0.4 is 15.4 Å². The number of sulfonamides is 1. The molecule has 0 aliphatic heterocycles. The molecule has 0 bridgehead atoms. The molecule has 0 fully saturated rings. The second-order valence-corrected chi connectivity index (χ2v) is 8.48. The fourth-order valence-electron chi connectivity index (χ4n) is 2.36. The molecule has 3 aromatic rings. The van der Waals surface area contributed by atoms with Gasteiger partial charge in [-0.05, 0) is 46.6 Å². The minimum atomic E-state index is -3.40. The average Bonchev–Trinajstić information content (AvgIpc) is 2.60. The van der Waals surface area contributed by atoms with E-state index in [2.05, 4.69) is 41.3 Å². The highest BCUT2D eigenvalue weighted by Gasteiger charge is 2.11. The summed E-state index contributed by atoms with van der Waals surface area (Å²) in [7, 11) is -3.40. The van der Waals surface area contributed by atoms with E-state index in [9.17, 15) is 8.42 Å². The van der Waals surface area contributed by atoms with Crippen molar-refractivity contribution in [3.05, 3.63) is 64.8 Å². The summed E-state index contributed by atoms with van der Waals surface area (Å²) in [6, 6.07) is 14.8. The van der Waals surface area contributed by atoms with Crippen LogP contribution in [0.2, 0.25) is 0 Å². The van der Waals surface area contributed by atoms with Gasteiger partial charge < -0.3 is 10.6 Å². The van der Waals surface area contributed by atoms with Gasteiger partial charge in [-0.25, -0.2) is 13.4 Å². The zero-order chi connectivity index (χ0) is 19.4. The van der Waals surface area contributed by atoms with Crippen LogP contribution in [0.25, 0.3) is 0 Å². The lowest BCUT2D eigenvalue weighted by Crippen LogP contribution is -2.11. The predicted octanol–water partition coefficient (Wildman–Crippen LogP) is 4.41. The molecule has 0 saturated carbocycles. The Labute approximate surface area is 166 Å². The highest BCUT2D eigenvalue weighted by Crippen LogP contribution is 2.30. The number of halogens is 1. The van der Waals surface area contributed by atoms with Crippen molar-refractivity contribution < 1.29 is 8.42 Å². The summed E-state index contributed by atoms with van der Waals surface area (Å²) >= 11 is 3.42. The molecule has 7 nitrogen and oxygen atoms in total. The minimum absolute atomic E-state index is 0.420. The van der Waals surface area contributed by atoms with Crippen molar-refractivity contribution in [3.8, 4) is 0 Å². The van der Waals surface area contributed by atoms with Gasteiger partial charge in [0.05, 0.1) is 22.1 Å². The minimum Gasteiger partial charge on any atom is -0.337 e. The van der Waals surface area contributed by atoms with Crippen LogP contribution in [0.1, 0.15) is 5.56 Å². The first kappa shape index (κ1) is 19.1. The summed E-state index contributed by atoms with van der Waals surface area (Å²) in [6.07, 6.45) is 2.73.